The van der Waals surface area contributed by atoms with E-state index in [1.165, 1.54) is 31.6 Å². The lowest BCUT2D eigenvalue weighted by molar-refractivity contribution is 0.253. The summed E-state index contributed by atoms with van der Waals surface area (Å²) >= 11 is 0. The Labute approximate surface area is 97.1 Å². The molecule has 0 aromatic carbocycles. The van der Waals surface area contributed by atoms with Gasteiger partial charge in [-0.15, -0.1) is 0 Å². The Hall–Kier alpha value is -1.29. The summed E-state index contributed by atoms with van der Waals surface area (Å²) in [4.78, 5) is 8.73. The molecule has 4 heteroatoms. The van der Waals surface area contributed by atoms with E-state index in [-0.39, 0.29) is 0 Å². The molecule has 1 saturated heterocycles. The van der Waals surface area contributed by atoms with Crippen molar-refractivity contribution in [3.8, 4) is 0 Å². The van der Waals surface area contributed by atoms with Crippen LogP contribution in [0.15, 0.2) is 18.3 Å². The van der Waals surface area contributed by atoms with Gasteiger partial charge in [-0.2, -0.15) is 0 Å². The van der Waals surface area contributed by atoms with Gasteiger partial charge in [0.05, 0.1) is 0 Å². The first-order valence-electron chi connectivity index (χ1n) is 5.80. The molecule has 1 aromatic heterocycles. The number of aromatic nitrogens is 1. The van der Waals surface area contributed by atoms with Gasteiger partial charge in [0.2, 0.25) is 0 Å². The Bertz CT molecular complexity index is 345. The van der Waals surface area contributed by atoms with Crippen LogP contribution in [0.3, 0.4) is 0 Å². The molecular formula is C12H20N4. The zero-order chi connectivity index (χ0) is 11.5. The van der Waals surface area contributed by atoms with Gasteiger partial charge in [-0.1, -0.05) is 0 Å². The largest absolute Gasteiger partial charge is 0.384 e. The number of piperidine rings is 1. The number of hydrogen-bond donors (Lipinski definition) is 1. The van der Waals surface area contributed by atoms with Crippen molar-refractivity contribution in [2.45, 2.75) is 18.9 Å². The minimum atomic E-state index is 0.595. The quantitative estimate of drug-likeness (QED) is 0.813. The summed E-state index contributed by atoms with van der Waals surface area (Å²) in [6.07, 6.45) is 4.21. The standard InChI is InChI=1S/C12H20N4/c1-15-7-4-10(5-8-15)16(2)11-3-6-14-12(13)9-11/h3,6,9-10H,4-5,7-8H2,1-2H3,(H2,13,14). The second kappa shape index (κ2) is 4.70. The molecule has 0 unspecified atom stereocenters. The van der Waals surface area contributed by atoms with Gasteiger partial charge in [-0.3, -0.25) is 0 Å². The van der Waals surface area contributed by atoms with Crippen LogP contribution in [0.2, 0.25) is 0 Å². The number of nitrogens with two attached hydrogens (primary N) is 1. The van der Waals surface area contributed by atoms with Gasteiger partial charge in [0.1, 0.15) is 5.82 Å². The van der Waals surface area contributed by atoms with Crippen LogP contribution in [0.1, 0.15) is 12.8 Å². The van der Waals surface area contributed by atoms with Gasteiger partial charge in [-0.25, -0.2) is 4.98 Å². The van der Waals surface area contributed by atoms with Crippen molar-refractivity contribution in [1.82, 2.24) is 9.88 Å². The van der Waals surface area contributed by atoms with Crippen LogP contribution in [0.5, 0.6) is 0 Å². The third-order valence-corrected chi connectivity index (χ3v) is 3.41. The molecule has 4 nitrogen and oxygen atoms in total. The van der Waals surface area contributed by atoms with Crippen LogP contribution in [-0.4, -0.2) is 43.1 Å². The maximum atomic E-state index is 5.70. The normalized spacial score (nSPS) is 18.6. The zero-order valence-corrected chi connectivity index (χ0v) is 10.1. The molecule has 0 radical (unpaired) electrons. The SMILES string of the molecule is CN1CCC(N(C)c2ccnc(N)c2)CC1. The molecule has 1 aliphatic rings. The minimum Gasteiger partial charge on any atom is -0.384 e. The van der Waals surface area contributed by atoms with Crippen LogP contribution in [0, 0.1) is 0 Å². The molecule has 1 aromatic rings. The van der Waals surface area contributed by atoms with E-state index in [1.54, 1.807) is 6.20 Å². The molecule has 88 valence electrons. The van der Waals surface area contributed by atoms with Crippen LogP contribution in [0.4, 0.5) is 11.5 Å². The van der Waals surface area contributed by atoms with Gasteiger partial charge in [-0.05, 0) is 39.0 Å². The van der Waals surface area contributed by atoms with Crippen molar-refractivity contribution >= 4 is 11.5 Å². The van der Waals surface area contributed by atoms with Crippen molar-refractivity contribution < 1.29 is 0 Å². The van der Waals surface area contributed by atoms with Crippen molar-refractivity contribution in [1.29, 1.82) is 0 Å². The lowest BCUT2D eigenvalue weighted by Gasteiger charge is -2.36. The topological polar surface area (TPSA) is 45.4 Å². The third kappa shape index (κ3) is 2.44. The maximum absolute atomic E-state index is 5.70. The summed E-state index contributed by atoms with van der Waals surface area (Å²) in [5.41, 5.74) is 6.87. The Morgan fingerprint density at radius 1 is 1.44 bits per heavy atom. The molecule has 2 N–H and O–H groups in total. The Balaban J connectivity index is 2.04. The van der Waals surface area contributed by atoms with Gasteiger partial charge >= 0.3 is 0 Å². The Kier molecular flexibility index (Phi) is 3.29. The first kappa shape index (κ1) is 11.2. The second-order valence-electron chi connectivity index (χ2n) is 4.58. The molecular weight excluding hydrogens is 200 g/mol. The number of hydrogen-bond acceptors (Lipinski definition) is 4. The van der Waals surface area contributed by atoms with Gasteiger partial charge in [0, 0.05) is 31.0 Å². The maximum Gasteiger partial charge on any atom is 0.125 e. The number of pyridine rings is 1. The fourth-order valence-corrected chi connectivity index (χ4v) is 2.25. The summed E-state index contributed by atoms with van der Waals surface area (Å²) in [6.45, 7) is 2.35. The molecule has 0 amide bonds. The fraction of sp³-hybridized carbons (Fsp3) is 0.583. The minimum absolute atomic E-state index is 0.595. The van der Waals surface area contributed by atoms with E-state index in [4.69, 9.17) is 5.73 Å². The zero-order valence-electron chi connectivity index (χ0n) is 10.1. The summed E-state index contributed by atoms with van der Waals surface area (Å²) in [6, 6.07) is 4.59. The summed E-state index contributed by atoms with van der Waals surface area (Å²) in [5.74, 6) is 0.595. The predicted molar refractivity (Wildman–Crippen MR) is 67.6 cm³/mol. The molecule has 0 bridgehead atoms. The molecule has 0 spiro atoms. The van der Waals surface area contributed by atoms with Crippen molar-refractivity contribution in [3.05, 3.63) is 18.3 Å². The number of rotatable bonds is 2. The number of anilines is 2. The van der Waals surface area contributed by atoms with Gasteiger partial charge < -0.3 is 15.5 Å². The monoisotopic (exact) mass is 220 g/mol. The highest BCUT2D eigenvalue weighted by Crippen LogP contribution is 2.22. The summed E-state index contributed by atoms with van der Waals surface area (Å²) < 4.78 is 0. The lowest BCUT2D eigenvalue weighted by atomic mass is 10.0. The van der Waals surface area contributed by atoms with Crippen LogP contribution in [0.25, 0.3) is 0 Å². The summed E-state index contributed by atoms with van der Waals surface area (Å²) in [7, 11) is 4.32. The predicted octanol–water partition coefficient (Wildman–Crippen LogP) is 1.19. The molecule has 2 heterocycles. The van der Waals surface area contributed by atoms with E-state index >= 15 is 0 Å². The highest BCUT2D eigenvalue weighted by molar-refractivity contribution is 5.52. The first-order chi connectivity index (χ1) is 7.66. The summed E-state index contributed by atoms with van der Waals surface area (Å²) in [5, 5.41) is 0. The third-order valence-electron chi connectivity index (χ3n) is 3.41. The Morgan fingerprint density at radius 3 is 2.75 bits per heavy atom. The van der Waals surface area contributed by atoms with Crippen LogP contribution < -0.4 is 10.6 Å². The molecule has 0 aliphatic carbocycles. The fourth-order valence-electron chi connectivity index (χ4n) is 2.25. The van der Waals surface area contributed by atoms with E-state index in [2.05, 4.69) is 28.9 Å². The van der Waals surface area contributed by atoms with E-state index in [1.807, 2.05) is 12.1 Å². The van der Waals surface area contributed by atoms with E-state index in [0.29, 0.717) is 11.9 Å². The van der Waals surface area contributed by atoms with Gasteiger partial charge in [0.25, 0.3) is 0 Å². The van der Waals surface area contributed by atoms with E-state index in [9.17, 15) is 0 Å². The number of nitrogen functional groups attached to an aromatic ring is 1. The molecule has 0 atom stereocenters. The number of nitrogens with zero attached hydrogens (tertiary/aromatic N) is 3. The average molecular weight is 220 g/mol. The van der Waals surface area contributed by atoms with E-state index in [0.717, 1.165) is 0 Å². The molecule has 0 saturated carbocycles. The average Bonchev–Trinajstić information content (AvgIpc) is 2.29. The van der Waals surface area contributed by atoms with Crippen LogP contribution in [-0.2, 0) is 0 Å². The van der Waals surface area contributed by atoms with Crippen molar-refractivity contribution in [3.63, 3.8) is 0 Å². The molecule has 16 heavy (non-hydrogen) atoms. The molecule has 1 fully saturated rings. The van der Waals surface area contributed by atoms with E-state index < -0.39 is 0 Å². The smallest absolute Gasteiger partial charge is 0.125 e. The Morgan fingerprint density at radius 2 is 2.12 bits per heavy atom. The van der Waals surface area contributed by atoms with Gasteiger partial charge in [0.15, 0.2) is 0 Å². The van der Waals surface area contributed by atoms with Crippen LogP contribution >= 0.6 is 0 Å². The molecule has 1 aliphatic heterocycles. The second-order valence-corrected chi connectivity index (χ2v) is 4.58. The van der Waals surface area contributed by atoms with Crippen molar-refractivity contribution in [2.75, 3.05) is 37.8 Å². The lowest BCUT2D eigenvalue weighted by Crippen LogP contribution is -2.42. The highest BCUT2D eigenvalue weighted by Gasteiger charge is 2.20. The molecule has 2 rings (SSSR count). The number of likely N-dealkylation sites (tertiary alicyclic amines) is 1. The first-order valence-corrected chi connectivity index (χ1v) is 5.80. The highest BCUT2D eigenvalue weighted by atomic mass is 15.2. The van der Waals surface area contributed by atoms with Crippen molar-refractivity contribution in [2.24, 2.45) is 0 Å².